The molecular formula is C21H22FN3O. The van der Waals surface area contributed by atoms with Gasteiger partial charge < -0.3 is 5.32 Å². The monoisotopic (exact) mass is 351 g/mol. The van der Waals surface area contributed by atoms with Crippen molar-refractivity contribution in [1.82, 2.24) is 15.1 Å². The van der Waals surface area contributed by atoms with Crippen molar-refractivity contribution >= 4 is 5.91 Å². The molecule has 0 bridgehead atoms. The van der Waals surface area contributed by atoms with E-state index in [0.29, 0.717) is 5.56 Å². The van der Waals surface area contributed by atoms with E-state index in [2.05, 4.69) is 10.4 Å². The van der Waals surface area contributed by atoms with Gasteiger partial charge in [0.2, 0.25) is 0 Å². The molecule has 3 rings (SSSR count). The van der Waals surface area contributed by atoms with Crippen LogP contribution in [-0.4, -0.2) is 15.7 Å². The zero-order chi connectivity index (χ0) is 18.7. The summed E-state index contributed by atoms with van der Waals surface area (Å²) in [5, 5.41) is 7.41. The Labute approximate surface area is 152 Å². The number of nitrogens with one attached hydrogen (secondary N) is 1. The zero-order valence-electron chi connectivity index (χ0n) is 15.1. The lowest BCUT2D eigenvalue weighted by molar-refractivity contribution is 0.0925. The molecule has 1 heterocycles. The lowest BCUT2D eigenvalue weighted by atomic mass is 9.95. The average Bonchev–Trinajstić information content (AvgIpc) is 3.02. The molecule has 3 aromatic rings. The molecule has 134 valence electrons. The summed E-state index contributed by atoms with van der Waals surface area (Å²) in [5.74, 6) is -0.316. The first-order valence-corrected chi connectivity index (χ1v) is 8.63. The van der Waals surface area contributed by atoms with E-state index in [1.807, 2.05) is 51.1 Å². The largest absolute Gasteiger partial charge is 0.345 e. The van der Waals surface area contributed by atoms with Crippen LogP contribution in [0, 0.1) is 18.7 Å². The van der Waals surface area contributed by atoms with Crippen molar-refractivity contribution < 1.29 is 9.18 Å². The third-order valence-corrected chi connectivity index (χ3v) is 4.44. The maximum Gasteiger partial charge on any atom is 0.255 e. The summed E-state index contributed by atoms with van der Waals surface area (Å²) in [6.07, 6.45) is 1.58. The van der Waals surface area contributed by atoms with E-state index in [1.54, 1.807) is 23.0 Å². The fourth-order valence-corrected chi connectivity index (χ4v) is 2.99. The van der Waals surface area contributed by atoms with Crippen LogP contribution in [0.1, 0.15) is 41.5 Å². The van der Waals surface area contributed by atoms with Gasteiger partial charge in [-0.15, -0.1) is 0 Å². The second-order valence-corrected chi connectivity index (χ2v) is 6.64. The molecule has 2 aromatic carbocycles. The molecule has 1 N–H and O–H groups in total. The van der Waals surface area contributed by atoms with E-state index in [-0.39, 0.29) is 23.7 Å². The van der Waals surface area contributed by atoms with Gasteiger partial charge in [-0.25, -0.2) is 9.07 Å². The quantitative estimate of drug-likeness (QED) is 0.738. The minimum atomic E-state index is -0.289. The minimum Gasteiger partial charge on any atom is -0.345 e. The first-order chi connectivity index (χ1) is 12.5. The van der Waals surface area contributed by atoms with E-state index >= 15 is 0 Å². The molecule has 1 atom stereocenters. The number of aromatic nitrogens is 2. The molecule has 1 aromatic heterocycles. The number of halogens is 1. The van der Waals surface area contributed by atoms with Gasteiger partial charge in [0.05, 0.1) is 29.2 Å². The molecule has 0 aliphatic rings. The highest BCUT2D eigenvalue weighted by Gasteiger charge is 2.22. The summed E-state index contributed by atoms with van der Waals surface area (Å²) in [6.45, 7) is 5.92. The van der Waals surface area contributed by atoms with Crippen molar-refractivity contribution in [1.29, 1.82) is 0 Å². The first kappa shape index (κ1) is 17.9. The number of hydrogen-bond acceptors (Lipinski definition) is 2. The van der Waals surface area contributed by atoms with Crippen molar-refractivity contribution in [2.24, 2.45) is 5.92 Å². The van der Waals surface area contributed by atoms with Crippen molar-refractivity contribution in [3.05, 3.63) is 83.4 Å². The Balaban J connectivity index is 1.85. The number of carbonyl (C=O) groups excluding carboxylic acids is 1. The van der Waals surface area contributed by atoms with Crippen molar-refractivity contribution in [3.8, 4) is 5.69 Å². The van der Waals surface area contributed by atoms with Gasteiger partial charge in [-0.3, -0.25) is 4.79 Å². The van der Waals surface area contributed by atoms with Crippen LogP contribution in [0.2, 0.25) is 0 Å². The van der Waals surface area contributed by atoms with Crippen LogP contribution in [-0.2, 0) is 0 Å². The maximum absolute atomic E-state index is 13.2. The molecule has 0 aliphatic carbocycles. The van der Waals surface area contributed by atoms with Gasteiger partial charge in [0, 0.05) is 0 Å². The van der Waals surface area contributed by atoms with Crippen molar-refractivity contribution in [2.45, 2.75) is 26.8 Å². The van der Waals surface area contributed by atoms with Crippen LogP contribution in [0.5, 0.6) is 0 Å². The van der Waals surface area contributed by atoms with Crippen molar-refractivity contribution in [2.75, 3.05) is 0 Å². The van der Waals surface area contributed by atoms with Gasteiger partial charge in [0.15, 0.2) is 0 Å². The normalized spacial score (nSPS) is 12.2. The van der Waals surface area contributed by atoms with Crippen LogP contribution in [0.4, 0.5) is 4.39 Å². The second kappa shape index (κ2) is 7.52. The zero-order valence-corrected chi connectivity index (χ0v) is 15.1. The molecule has 0 fully saturated rings. The Hall–Kier alpha value is -2.95. The van der Waals surface area contributed by atoms with E-state index < -0.39 is 0 Å². The molecule has 0 saturated carbocycles. The van der Waals surface area contributed by atoms with Crippen molar-refractivity contribution in [3.63, 3.8) is 0 Å². The predicted octanol–water partition coefficient (Wildman–Crippen LogP) is 4.45. The van der Waals surface area contributed by atoms with Crippen LogP contribution >= 0.6 is 0 Å². The lowest BCUT2D eigenvalue weighted by Crippen LogP contribution is -2.32. The highest BCUT2D eigenvalue weighted by molar-refractivity contribution is 5.95. The topological polar surface area (TPSA) is 46.9 Å². The maximum atomic E-state index is 13.2. The molecule has 5 heteroatoms. The van der Waals surface area contributed by atoms with Crippen LogP contribution in [0.3, 0.4) is 0 Å². The van der Waals surface area contributed by atoms with E-state index in [9.17, 15) is 9.18 Å². The Kier molecular flexibility index (Phi) is 5.16. The minimum absolute atomic E-state index is 0.161. The number of carbonyl (C=O) groups is 1. The summed E-state index contributed by atoms with van der Waals surface area (Å²) in [4.78, 5) is 12.8. The Morgan fingerprint density at radius 2 is 1.73 bits per heavy atom. The summed E-state index contributed by atoms with van der Waals surface area (Å²) in [5.41, 5.74) is 3.09. The molecular weight excluding hydrogens is 329 g/mol. The van der Waals surface area contributed by atoms with Gasteiger partial charge in [0.1, 0.15) is 5.82 Å². The number of amides is 1. The molecule has 4 nitrogen and oxygen atoms in total. The van der Waals surface area contributed by atoms with Crippen LogP contribution in [0.15, 0.2) is 60.8 Å². The molecule has 0 spiro atoms. The number of benzene rings is 2. The SMILES string of the molecule is Cc1c(C(=O)NC(c2ccc(F)cc2)C(C)C)cnn1-c1ccccc1. The lowest BCUT2D eigenvalue weighted by Gasteiger charge is -2.23. The highest BCUT2D eigenvalue weighted by Crippen LogP contribution is 2.23. The summed E-state index contributed by atoms with van der Waals surface area (Å²) in [7, 11) is 0. The molecule has 0 saturated heterocycles. The van der Waals surface area contributed by atoms with E-state index in [4.69, 9.17) is 0 Å². The van der Waals surface area contributed by atoms with Gasteiger partial charge in [-0.2, -0.15) is 5.10 Å². The molecule has 26 heavy (non-hydrogen) atoms. The number of nitrogens with zero attached hydrogens (tertiary/aromatic N) is 2. The van der Waals surface area contributed by atoms with Gasteiger partial charge >= 0.3 is 0 Å². The third-order valence-electron chi connectivity index (χ3n) is 4.44. The number of para-hydroxylation sites is 1. The van der Waals surface area contributed by atoms with Gasteiger partial charge in [0.25, 0.3) is 5.91 Å². The predicted molar refractivity (Wildman–Crippen MR) is 99.7 cm³/mol. The smallest absolute Gasteiger partial charge is 0.255 e. The Morgan fingerprint density at radius 3 is 2.35 bits per heavy atom. The first-order valence-electron chi connectivity index (χ1n) is 8.63. The Morgan fingerprint density at radius 1 is 1.08 bits per heavy atom. The number of hydrogen-bond donors (Lipinski definition) is 1. The van der Waals surface area contributed by atoms with Crippen LogP contribution in [0.25, 0.3) is 5.69 Å². The highest BCUT2D eigenvalue weighted by atomic mass is 19.1. The average molecular weight is 351 g/mol. The van der Waals surface area contributed by atoms with Gasteiger partial charge in [-0.05, 0) is 42.7 Å². The Bertz CT molecular complexity index is 885. The molecule has 0 aliphatic heterocycles. The molecule has 1 unspecified atom stereocenters. The second-order valence-electron chi connectivity index (χ2n) is 6.64. The fraction of sp³-hybridized carbons (Fsp3) is 0.238. The third kappa shape index (κ3) is 3.67. The standard InChI is InChI=1S/C21H22FN3O/c1-14(2)20(16-9-11-17(22)12-10-16)24-21(26)19-13-23-25(15(19)3)18-7-5-4-6-8-18/h4-14,20H,1-3H3,(H,24,26). The fourth-order valence-electron chi connectivity index (χ4n) is 2.99. The molecule has 1 amide bonds. The summed E-state index contributed by atoms with van der Waals surface area (Å²) >= 11 is 0. The summed E-state index contributed by atoms with van der Waals surface area (Å²) < 4.78 is 14.9. The van der Waals surface area contributed by atoms with Crippen LogP contribution < -0.4 is 5.32 Å². The van der Waals surface area contributed by atoms with Gasteiger partial charge in [-0.1, -0.05) is 44.2 Å². The number of rotatable bonds is 5. The van der Waals surface area contributed by atoms with E-state index in [0.717, 1.165) is 16.9 Å². The summed E-state index contributed by atoms with van der Waals surface area (Å²) in [6, 6.07) is 15.7. The molecule has 0 radical (unpaired) electrons. The van der Waals surface area contributed by atoms with E-state index in [1.165, 1.54) is 12.1 Å².